The van der Waals surface area contributed by atoms with Crippen molar-refractivity contribution in [2.45, 2.75) is 6.18 Å². The summed E-state index contributed by atoms with van der Waals surface area (Å²) in [7, 11) is 0. The minimum absolute atomic E-state index is 0.114. The molecule has 1 heterocycles. The van der Waals surface area contributed by atoms with Crippen LogP contribution in [0.3, 0.4) is 0 Å². The summed E-state index contributed by atoms with van der Waals surface area (Å²) >= 11 is 8.16. The molecule has 0 aliphatic rings. The number of rotatable bonds is 0. The first-order chi connectivity index (χ1) is 6.25. The summed E-state index contributed by atoms with van der Waals surface area (Å²) in [4.78, 5) is 2.93. The summed E-state index contributed by atoms with van der Waals surface area (Å²) in [6, 6.07) is -0.929. The second kappa shape index (κ2) is 3.22. The number of pyridine rings is 1. The first kappa shape index (κ1) is 7.15. The molecule has 0 saturated heterocycles. The highest BCUT2D eigenvalue weighted by Crippen LogP contribution is 2.31. The van der Waals surface area contributed by atoms with E-state index in [2.05, 4.69) is 20.9 Å². The Hall–Kier alpha value is -0.290. The molecule has 0 atom stereocenters. The fourth-order valence-corrected chi connectivity index (χ4v) is 0.795. The fraction of sp³-hybridized carbons (Fsp3) is 0.167. The molecule has 0 unspecified atom stereocenters. The van der Waals surface area contributed by atoms with Crippen LogP contribution in [0.15, 0.2) is 16.7 Å². The van der Waals surface area contributed by atoms with E-state index in [0.717, 1.165) is 0 Å². The van der Waals surface area contributed by atoms with E-state index in [0.29, 0.717) is 0 Å². The lowest BCUT2D eigenvalue weighted by Crippen LogP contribution is -2.07. The number of nitrogens with zero attached hydrogens (tertiary/aromatic N) is 1. The van der Waals surface area contributed by atoms with E-state index in [9.17, 15) is 13.2 Å². The van der Waals surface area contributed by atoms with E-state index in [4.69, 9.17) is 14.3 Å². The molecule has 0 spiro atoms. The van der Waals surface area contributed by atoms with Gasteiger partial charge in [-0.2, -0.15) is 13.2 Å². The molecule has 0 bridgehead atoms. The van der Waals surface area contributed by atoms with Gasteiger partial charge in [-0.1, -0.05) is 11.6 Å². The van der Waals surface area contributed by atoms with Crippen LogP contribution in [0.5, 0.6) is 0 Å². The van der Waals surface area contributed by atoms with Crippen LogP contribution in [0.25, 0.3) is 0 Å². The Morgan fingerprint density at radius 2 is 2.17 bits per heavy atom. The van der Waals surface area contributed by atoms with Crippen LogP contribution < -0.4 is 0 Å². The van der Waals surface area contributed by atoms with Crippen LogP contribution in [0, 0.1) is 0 Å². The smallest absolute Gasteiger partial charge is 0.251 e. The molecule has 1 aromatic rings. The molecule has 66 valence electrons. The molecule has 0 N–H and O–H groups in total. The summed E-state index contributed by atoms with van der Waals surface area (Å²) in [5, 5.41) is -0.461. The third kappa shape index (κ3) is 2.10. The van der Waals surface area contributed by atoms with Gasteiger partial charge in [0.05, 0.1) is 12.2 Å². The predicted molar refractivity (Wildman–Crippen MR) is 41.9 cm³/mol. The predicted octanol–water partition coefficient (Wildman–Crippen LogP) is 3.52. The van der Waals surface area contributed by atoms with Gasteiger partial charge >= 0.3 is 6.18 Å². The maximum atomic E-state index is 12.2. The quantitative estimate of drug-likeness (QED) is 0.697. The Bertz CT molecular complexity index is 382. The van der Waals surface area contributed by atoms with Crippen molar-refractivity contribution in [3.63, 3.8) is 0 Å². The summed E-state index contributed by atoms with van der Waals surface area (Å²) < 4.78 is 50.6. The number of halogens is 5. The van der Waals surface area contributed by atoms with Crippen LogP contribution in [0.4, 0.5) is 13.2 Å². The van der Waals surface area contributed by atoms with Crippen molar-refractivity contribution < 1.29 is 15.9 Å². The molecule has 1 aromatic heterocycles. The third-order valence-corrected chi connectivity index (χ3v) is 2.04. The molecule has 0 aliphatic carbocycles. The van der Waals surface area contributed by atoms with Crippen molar-refractivity contribution in [3.05, 3.63) is 27.4 Å². The first-order valence-electron chi connectivity index (χ1n) is 3.64. The SMILES string of the molecule is [2H]c1nc(C(F)(F)F)c([2H])c(Cl)c1Br. The number of hydrogen-bond donors (Lipinski definition) is 0. The molecule has 0 aliphatic heterocycles. The third-order valence-electron chi connectivity index (χ3n) is 0.955. The van der Waals surface area contributed by atoms with Gasteiger partial charge in [-0.3, -0.25) is 4.98 Å². The minimum Gasteiger partial charge on any atom is -0.251 e. The standard InChI is InChI=1S/C6H2BrClF3N/c7-3-2-12-5(1-4(3)8)6(9,10)11/h1-2H/i1D,2D. The zero-order valence-electron chi connectivity index (χ0n) is 7.34. The Labute approximate surface area is 82.5 Å². The van der Waals surface area contributed by atoms with Gasteiger partial charge in [-0.25, -0.2) is 0 Å². The lowest BCUT2D eigenvalue weighted by molar-refractivity contribution is -0.141. The highest BCUT2D eigenvalue weighted by molar-refractivity contribution is 9.10. The monoisotopic (exact) mass is 261 g/mol. The van der Waals surface area contributed by atoms with Crippen molar-refractivity contribution in [2.75, 3.05) is 0 Å². The van der Waals surface area contributed by atoms with E-state index < -0.39 is 29.1 Å². The summed E-state index contributed by atoms with van der Waals surface area (Å²) in [5.41, 5.74) is -1.45. The number of hydrogen-bond acceptors (Lipinski definition) is 1. The van der Waals surface area contributed by atoms with Crippen molar-refractivity contribution in [1.82, 2.24) is 4.98 Å². The lowest BCUT2D eigenvalue weighted by Gasteiger charge is -2.05. The molecule has 1 rings (SSSR count). The van der Waals surface area contributed by atoms with Gasteiger partial charge < -0.3 is 0 Å². The van der Waals surface area contributed by atoms with Crippen molar-refractivity contribution in [3.8, 4) is 0 Å². The van der Waals surface area contributed by atoms with Gasteiger partial charge in [0, 0.05) is 6.17 Å². The Balaban J connectivity index is 3.49. The van der Waals surface area contributed by atoms with Gasteiger partial charge in [0.15, 0.2) is 0 Å². The van der Waals surface area contributed by atoms with E-state index in [1.807, 2.05) is 0 Å². The molecule has 0 fully saturated rings. The molecular weight excluding hydrogens is 258 g/mol. The number of alkyl halides is 3. The van der Waals surface area contributed by atoms with E-state index in [1.165, 1.54) is 0 Å². The summed E-state index contributed by atoms with van der Waals surface area (Å²) in [5.74, 6) is 0. The van der Waals surface area contributed by atoms with Crippen LogP contribution >= 0.6 is 27.5 Å². The molecule has 0 saturated carbocycles. The van der Waals surface area contributed by atoms with Crippen LogP contribution in [0.2, 0.25) is 5.02 Å². The highest BCUT2D eigenvalue weighted by Gasteiger charge is 2.32. The molecule has 1 nitrogen and oxygen atoms in total. The second-order valence-electron chi connectivity index (χ2n) is 1.82. The van der Waals surface area contributed by atoms with Gasteiger partial charge in [0.2, 0.25) is 0 Å². The average Bonchev–Trinajstić information content (AvgIpc) is 2.06. The Morgan fingerprint density at radius 3 is 2.67 bits per heavy atom. The Morgan fingerprint density at radius 1 is 1.58 bits per heavy atom. The molecular formula is C6H2BrClF3N. The molecule has 0 aromatic carbocycles. The van der Waals surface area contributed by atoms with Crippen LogP contribution in [-0.4, -0.2) is 4.98 Å². The van der Waals surface area contributed by atoms with E-state index >= 15 is 0 Å². The topological polar surface area (TPSA) is 12.9 Å². The number of aromatic nitrogens is 1. The van der Waals surface area contributed by atoms with Gasteiger partial charge in [-0.05, 0) is 22.0 Å². The van der Waals surface area contributed by atoms with Gasteiger partial charge in [0.1, 0.15) is 5.69 Å². The van der Waals surface area contributed by atoms with E-state index in [1.54, 1.807) is 0 Å². The molecule has 0 radical (unpaired) electrons. The Kier molecular flexibility index (Phi) is 1.92. The average molecular weight is 262 g/mol. The summed E-state index contributed by atoms with van der Waals surface area (Å²) in [6.45, 7) is 0. The fourth-order valence-electron chi connectivity index (χ4n) is 0.475. The maximum absolute atomic E-state index is 12.2. The molecule has 0 amide bonds. The van der Waals surface area contributed by atoms with Crippen molar-refractivity contribution in [1.29, 1.82) is 0 Å². The first-order valence-corrected chi connectivity index (χ1v) is 3.81. The lowest BCUT2D eigenvalue weighted by atomic mass is 10.3. The molecule has 12 heavy (non-hydrogen) atoms. The van der Waals surface area contributed by atoms with Gasteiger partial charge in [0.25, 0.3) is 0 Å². The normalized spacial score (nSPS) is 14.1. The maximum Gasteiger partial charge on any atom is 0.433 e. The van der Waals surface area contributed by atoms with Gasteiger partial charge in [-0.15, -0.1) is 0 Å². The van der Waals surface area contributed by atoms with Crippen molar-refractivity contribution in [2.24, 2.45) is 0 Å². The van der Waals surface area contributed by atoms with Crippen LogP contribution in [-0.2, 0) is 6.18 Å². The van der Waals surface area contributed by atoms with E-state index in [-0.39, 0.29) is 4.47 Å². The second-order valence-corrected chi connectivity index (χ2v) is 2.99. The zero-order chi connectivity index (χ0) is 11.1. The zero-order valence-corrected chi connectivity index (χ0v) is 7.68. The largest absolute Gasteiger partial charge is 0.433 e. The van der Waals surface area contributed by atoms with Crippen molar-refractivity contribution >= 4 is 27.5 Å². The highest BCUT2D eigenvalue weighted by atomic mass is 79.9. The minimum atomic E-state index is -4.77. The summed E-state index contributed by atoms with van der Waals surface area (Å²) in [6.07, 6.45) is -5.41. The van der Waals surface area contributed by atoms with Crippen LogP contribution in [0.1, 0.15) is 8.44 Å². The molecule has 6 heteroatoms.